The summed E-state index contributed by atoms with van der Waals surface area (Å²) in [5, 5.41) is 4.76. The fraction of sp³-hybridized carbons (Fsp3) is 0.471. The highest BCUT2D eigenvalue weighted by Gasteiger charge is 2.12. The Bertz CT molecular complexity index is 535. The Morgan fingerprint density at radius 1 is 1.24 bits per heavy atom. The average molecular weight is 321 g/mol. The third-order valence-electron chi connectivity index (χ3n) is 3.14. The molecule has 0 saturated heterocycles. The minimum absolute atomic E-state index is 0.701. The van der Waals surface area contributed by atoms with Crippen LogP contribution in [0, 0.1) is 5.92 Å². The van der Waals surface area contributed by atoms with E-state index in [2.05, 4.69) is 55.8 Å². The van der Waals surface area contributed by atoms with Gasteiger partial charge in [0.25, 0.3) is 0 Å². The van der Waals surface area contributed by atoms with Crippen LogP contribution in [-0.4, -0.2) is 24.3 Å². The number of hydrogen-bond donors (Lipinski definition) is 1. The Hall–Kier alpha value is -0.840. The number of nitrogens with zero attached hydrogens (tertiary/aromatic N) is 1. The number of rotatable bonds is 8. The highest BCUT2D eigenvalue weighted by molar-refractivity contribution is 7.97. The Labute approximate surface area is 136 Å². The standard InChI is InChI=1S/C17H24N2S2/c1-13(2)11-18-10-9-15-17(14-7-5-4-6-8-14)19-16(21-15)12-20-3/h4-8,13,18H,9-12H2,1-3H3. The fourth-order valence-electron chi connectivity index (χ4n) is 2.17. The van der Waals surface area contributed by atoms with E-state index in [1.54, 1.807) is 0 Å². The Balaban J connectivity index is 2.10. The maximum Gasteiger partial charge on any atom is 0.103 e. The van der Waals surface area contributed by atoms with Gasteiger partial charge in [-0.2, -0.15) is 11.8 Å². The summed E-state index contributed by atoms with van der Waals surface area (Å²) in [5.74, 6) is 1.70. The summed E-state index contributed by atoms with van der Waals surface area (Å²) in [6, 6.07) is 10.5. The molecule has 1 aromatic carbocycles. The second-order valence-electron chi connectivity index (χ2n) is 5.53. The van der Waals surface area contributed by atoms with Crippen molar-refractivity contribution in [1.29, 1.82) is 0 Å². The van der Waals surface area contributed by atoms with Gasteiger partial charge in [-0.3, -0.25) is 0 Å². The number of aromatic nitrogens is 1. The predicted octanol–water partition coefficient (Wildman–Crippen LogP) is 4.46. The van der Waals surface area contributed by atoms with Gasteiger partial charge in [0, 0.05) is 22.7 Å². The average Bonchev–Trinajstić information content (AvgIpc) is 2.88. The molecule has 21 heavy (non-hydrogen) atoms. The first-order valence-corrected chi connectivity index (χ1v) is 9.65. The molecule has 0 aliphatic carbocycles. The van der Waals surface area contributed by atoms with Crippen molar-refractivity contribution in [2.45, 2.75) is 26.0 Å². The van der Waals surface area contributed by atoms with Crippen LogP contribution in [0.5, 0.6) is 0 Å². The molecule has 1 aromatic heterocycles. The van der Waals surface area contributed by atoms with Crippen molar-refractivity contribution in [3.63, 3.8) is 0 Å². The van der Waals surface area contributed by atoms with E-state index in [9.17, 15) is 0 Å². The van der Waals surface area contributed by atoms with Gasteiger partial charge < -0.3 is 5.32 Å². The number of nitrogens with one attached hydrogen (secondary N) is 1. The van der Waals surface area contributed by atoms with E-state index in [-0.39, 0.29) is 0 Å². The smallest absolute Gasteiger partial charge is 0.103 e. The second kappa shape index (κ2) is 8.57. The maximum atomic E-state index is 4.85. The first-order valence-electron chi connectivity index (χ1n) is 7.44. The lowest BCUT2D eigenvalue weighted by Crippen LogP contribution is -2.22. The molecule has 2 aromatic rings. The van der Waals surface area contributed by atoms with Gasteiger partial charge in [-0.25, -0.2) is 4.98 Å². The van der Waals surface area contributed by atoms with Gasteiger partial charge in [-0.1, -0.05) is 44.2 Å². The number of thiazole rings is 1. The van der Waals surface area contributed by atoms with Crippen molar-refractivity contribution in [3.8, 4) is 11.3 Å². The summed E-state index contributed by atoms with van der Waals surface area (Å²) < 4.78 is 0. The van der Waals surface area contributed by atoms with Crippen LogP contribution in [0.2, 0.25) is 0 Å². The van der Waals surface area contributed by atoms with Crippen LogP contribution in [-0.2, 0) is 12.2 Å². The molecule has 0 unspecified atom stereocenters. The van der Waals surface area contributed by atoms with Crippen molar-refractivity contribution in [1.82, 2.24) is 10.3 Å². The van der Waals surface area contributed by atoms with E-state index in [1.807, 2.05) is 23.1 Å². The second-order valence-corrected chi connectivity index (χ2v) is 7.56. The molecule has 114 valence electrons. The van der Waals surface area contributed by atoms with Crippen molar-refractivity contribution < 1.29 is 0 Å². The van der Waals surface area contributed by atoms with Crippen molar-refractivity contribution in [2.75, 3.05) is 19.3 Å². The Morgan fingerprint density at radius 3 is 2.67 bits per heavy atom. The van der Waals surface area contributed by atoms with Gasteiger partial charge in [0.2, 0.25) is 0 Å². The van der Waals surface area contributed by atoms with Crippen molar-refractivity contribution >= 4 is 23.1 Å². The summed E-state index contributed by atoms with van der Waals surface area (Å²) in [4.78, 5) is 6.26. The van der Waals surface area contributed by atoms with Gasteiger partial charge in [-0.05, 0) is 25.1 Å². The van der Waals surface area contributed by atoms with E-state index in [4.69, 9.17) is 4.98 Å². The van der Waals surface area contributed by atoms with Crippen LogP contribution in [0.4, 0.5) is 0 Å². The molecular weight excluding hydrogens is 296 g/mol. The lowest BCUT2D eigenvalue weighted by molar-refractivity contribution is 0.555. The van der Waals surface area contributed by atoms with Gasteiger partial charge in [-0.15, -0.1) is 11.3 Å². The Kier molecular flexibility index (Phi) is 6.74. The molecular formula is C17H24N2S2. The van der Waals surface area contributed by atoms with Crippen LogP contribution < -0.4 is 5.32 Å². The Morgan fingerprint density at radius 2 is 2.00 bits per heavy atom. The third kappa shape index (κ3) is 5.13. The van der Waals surface area contributed by atoms with Gasteiger partial charge >= 0.3 is 0 Å². The van der Waals surface area contributed by atoms with Crippen LogP contribution in [0.1, 0.15) is 23.7 Å². The van der Waals surface area contributed by atoms with E-state index in [1.165, 1.54) is 21.1 Å². The minimum Gasteiger partial charge on any atom is -0.316 e. The molecule has 0 spiro atoms. The molecule has 0 aliphatic heterocycles. The van der Waals surface area contributed by atoms with Gasteiger partial charge in [0.05, 0.1) is 5.69 Å². The first-order chi connectivity index (χ1) is 10.2. The summed E-state index contributed by atoms with van der Waals surface area (Å²) in [6.07, 6.45) is 3.19. The fourth-order valence-corrected chi connectivity index (χ4v) is 3.96. The highest BCUT2D eigenvalue weighted by Crippen LogP contribution is 2.30. The summed E-state index contributed by atoms with van der Waals surface area (Å²) in [6.45, 7) is 6.59. The SMILES string of the molecule is CSCc1nc(-c2ccccc2)c(CCNCC(C)C)s1. The molecule has 0 bridgehead atoms. The number of thioether (sulfide) groups is 1. The largest absolute Gasteiger partial charge is 0.316 e. The lowest BCUT2D eigenvalue weighted by Gasteiger charge is -2.07. The topological polar surface area (TPSA) is 24.9 Å². The van der Waals surface area contributed by atoms with Crippen molar-refractivity contribution in [3.05, 3.63) is 40.2 Å². The molecule has 0 radical (unpaired) electrons. The summed E-state index contributed by atoms with van der Waals surface area (Å²) >= 11 is 3.70. The summed E-state index contributed by atoms with van der Waals surface area (Å²) in [7, 11) is 0. The molecule has 0 atom stereocenters. The van der Waals surface area contributed by atoms with Crippen LogP contribution >= 0.6 is 23.1 Å². The zero-order valence-corrected chi connectivity index (χ0v) is 14.7. The third-order valence-corrected chi connectivity index (χ3v) is 5.00. The van der Waals surface area contributed by atoms with Crippen LogP contribution in [0.25, 0.3) is 11.3 Å². The highest BCUT2D eigenvalue weighted by atomic mass is 32.2. The molecule has 4 heteroatoms. The molecule has 0 aliphatic rings. The van der Waals surface area contributed by atoms with Crippen molar-refractivity contribution in [2.24, 2.45) is 5.92 Å². The zero-order valence-electron chi connectivity index (χ0n) is 13.1. The molecule has 0 amide bonds. The summed E-state index contributed by atoms with van der Waals surface area (Å²) in [5.41, 5.74) is 2.41. The van der Waals surface area contributed by atoms with E-state index < -0.39 is 0 Å². The monoisotopic (exact) mass is 320 g/mol. The van der Waals surface area contributed by atoms with E-state index in [0.717, 1.165) is 25.3 Å². The number of benzene rings is 1. The molecule has 0 saturated carbocycles. The van der Waals surface area contributed by atoms with Crippen LogP contribution in [0.3, 0.4) is 0 Å². The molecule has 1 heterocycles. The minimum atomic E-state index is 0.701. The molecule has 2 rings (SSSR count). The zero-order chi connectivity index (χ0) is 15.1. The number of hydrogen-bond acceptors (Lipinski definition) is 4. The molecule has 1 N–H and O–H groups in total. The van der Waals surface area contributed by atoms with E-state index >= 15 is 0 Å². The maximum absolute atomic E-state index is 4.85. The predicted molar refractivity (Wildman–Crippen MR) is 96.2 cm³/mol. The van der Waals surface area contributed by atoms with Crippen LogP contribution in [0.15, 0.2) is 30.3 Å². The van der Waals surface area contributed by atoms with Gasteiger partial charge in [0.15, 0.2) is 0 Å². The molecule has 0 fully saturated rings. The normalized spacial score (nSPS) is 11.2. The first kappa shape index (κ1) is 16.5. The van der Waals surface area contributed by atoms with E-state index in [0.29, 0.717) is 5.92 Å². The quantitative estimate of drug-likeness (QED) is 0.727. The lowest BCUT2D eigenvalue weighted by atomic mass is 10.1. The van der Waals surface area contributed by atoms with Gasteiger partial charge in [0.1, 0.15) is 5.01 Å². The molecule has 2 nitrogen and oxygen atoms in total.